The van der Waals surface area contributed by atoms with Crippen molar-refractivity contribution in [2.45, 2.75) is 56.9 Å². The van der Waals surface area contributed by atoms with Crippen molar-refractivity contribution in [1.29, 1.82) is 5.26 Å². The summed E-state index contributed by atoms with van der Waals surface area (Å²) in [7, 11) is 1.77. The van der Waals surface area contributed by atoms with Crippen molar-refractivity contribution < 1.29 is 9.50 Å². The second kappa shape index (κ2) is 8.13. The molecule has 1 aromatic rings. The number of carbonyl (C=O) groups excluding carboxylic acids is 1. The van der Waals surface area contributed by atoms with E-state index >= 15 is 0 Å². The number of nitrogens with zero attached hydrogens (tertiary/aromatic N) is 3. The van der Waals surface area contributed by atoms with Gasteiger partial charge in [-0.25, -0.2) is 4.98 Å². The number of nitrogens with one attached hydrogen (secondary N) is 1. The van der Waals surface area contributed by atoms with Gasteiger partial charge in [-0.1, -0.05) is 42.2 Å². The maximum atomic E-state index is 12.5. The van der Waals surface area contributed by atoms with E-state index in [4.69, 9.17) is 16.9 Å². The lowest BCUT2D eigenvalue weighted by Gasteiger charge is -2.34. The van der Waals surface area contributed by atoms with Crippen molar-refractivity contribution >= 4 is 34.0 Å². The number of nitriles is 1. The minimum atomic E-state index is -0.0216. The molecule has 2 aliphatic rings. The van der Waals surface area contributed by atoms with Gasteiger partial charge in [0.05, 0.1) is 0 Å². The summed E-state index contributed by atoms with van der Waals surface area (Å²) < 4.78 is 0. The highest BCUT2D eigenvalue weighted by atomic mass is 35.5. The standard InChI is InChI=1S/C16H21ClN4OS.FH/c1-21(15(22)11-7-12(8-11)19-9-18)16-20-14(17)13(23-16)10-5-3-2-4-6-10;/h10-12,19H,2-8H2,1H3;1H. The van der Waals surface area contributed by atoms with Crippen LogP contribution >= 0.6 is 22.9 Å². The number of aromatic nitrogens is 1. The summed E-state index contributed by atoms with van der Waals surface area (Å²) in [5.41, 5.74) is 0. The van der Waals surface area contributed by atoms with Crippen LogP contribution in [-0.4, -0.2) is 24.0 Å². The molecule has 1 N–H and O–H groups in total. The highest BCUT2D eigenvalue weighted by Gasteiger charge is 2.37. The van der Waals surface area contributed by atoms with Crippen molar-refractivity contribution in [2.24, 2.45) is 5.92 Å². The lowest BCUT2D eigenvalue weighted by Crippen LogP contribution is -2.46. The van der Waals surface area contributed by atoms with Crippen molar-refractivity contribution in [3.63, 3.8) is 0 Å². The van der Waals surface area contributed by atoms with Gasteiger partial charge in [-0.3, -0.25) is 14.4 Å². The Bertz CT molecular complexity index is 620. The van der Waals surface area contributed by atoms with Crippen molar-refractivity contribution in [1.82, 2.24) is 10.3 Å². The quantitative estimate of drug-likeness (QED) is 0.644. The zero-order valence-corrected chi connectivity index (χ0v) is 15.2. The van der Waals surface area contributed by atoms with Gasteiger partial charge in [0.25, 0.3) is 0 Å². The molecule has 0 bridgehead atoms. The Morgan fingerprint density at radius 1 is 1.38 bits per heavy atom. The third-order valence-electron chi connectivity index (χ3n) is 4.95. The van der Waals surface area contributed by atoms with Crippen LogP contribution in [0.1, 0.15) is 55.7 Å². The molecule has 0 aliphatic heterocycles. The minimum Gasteiger partial charge on any atom is -0.321 e. The maximum absolute atomic E-state index is 12.5. The molecule has 0 unspecified atom stereocenters. The summed E-state index contributed by atoms with van der Waals surface area (Å²) in [6.45, 7) is 0. The lowest BCUT2D eigenvalue weighted by molar-refractivity contribution is -0.125. The minimum absolute atomic E-state index is 0. The van der Waals surface area contributed by atoms with Gasteiger partial charge in [-0.15, -0.1) is 0 Å². The zero-order valence-electron chi connectivity index (χ0n) is 13.6. The first-order valence-electron chi connectivity index (χ1n) is 8.18. The Morgan fingerprint density at radius 3 is 2.67 bits per heavy atom. The van der Waals surface area contributed by atoms with Crippen molar-refractivity contribution in [3.8, 4) is 6.19 Å². The molecular weight excluding hydrogens is 351 g/mol. The fraction of sp³-hybridized carbons (Fsp3) is 0.688. The summed E-state index contributed by atoms with van der Waals surface area (Å²) in [5.74, 6) is 0.548. The fourth-order valence-corrected chi connectivity index (χ4v) is 4.95. The first-order chi connectivity index (χ1) is 11.1. The second-order valence-corrected chi connectivity index (χ2v) is 7.87. The molecule has 1 heterocycles. The van der Waals surface area contributed by atoms with Crippen molar-refractivity contribution in [2.75, 3.05) is 11.9 Å². The molecule has 1 amide bonds. The van der Waals surface area contributed by atoms with Crippen LogP contribution < -0.4 is 10.2 Å². The number of amides is 1. The predicted molar refractivity (Wildman–Crippen MR) is 94.1 cm³/mol. The van der Waals surface area contributed by atoms with E-state index in [9.17, 15) is 4.79 Å². The SMILES string of the molecule is CN(C(=O)C1CC(NC#N)C1)c1nc(Cl)c(C2CCCCC2)s1.F. The number of carbonyl (C=O) groups is 1. The van der Waals surface area contributed by atoms with Crippen LogP contribution in [0.15, 0.2) is 0 Å². The molecule has 3 rings (SSSR count). The third-order valence-corrected chi connectivity index (χ3v) is 6.64. The first-order valence-corrected chi connectivity index (χ1v) is 9.38. The van der Waals surface area contributed by atoms with Gasteiger partial charge in [-0.05, 0) is 31.6 Å². The first kappa shape index (κ1) is 18.9. The molecule has 1 aromatic heterocycles. The predicted octanol–water partition coefficient (Wildman–Crippen LogP) is 3.81. The van der Waals surface area contributed by atoms with Crippen molar-refractivity contribution in [3.05, 3.63) is 10.0 Å². The van der Waals surface area contributed by atoms with Gasteiger partial charge in [0.2, 0.25) is 5.91 Å². The van der Waals surface area contributed by atoms with Gasteiger partial charge < -0.3 is 5.32 Å². The summed E-state index contributed by atoms with van der Waals surface area (Å²) in [6.07, 6.45) is 9.50. The summed E-state index contributed by atoms with van der Waals surface area (Å²) in [5, 5.41) is 12.5. The average molecular weight is 373 g/mol. The molecule has 0 radical (unpaired) electrons. The Hall–Kier alpha value is -1.39. The van der Waals surface area contributed by atoms with Crippen LogP contribution in [-0.2, 0) is 4.79 Å². The van der Waals surface area contributed by atoms with Gasteiger partial charge in [0.1, 0.15) is 5.15 Å². The van der Waals surface area contributed by atoms with Gasteiger partial charge >= 0.3 is 0 Å². The highest BCUT2D eigenvalue weighted by Crippen LogP contribution is 2.42. The van der Waals surface area contributed by atoms with Crippen LogP contribution in [0.25, 0.3) is 0 Å². The Labute approximate surface area is 150 Å². The third kappa shape index (κ3) is 3.81. The van der Waals surface area contributed by atoms with E-state index in [1.807, 2.05) is 6.19 Å². The average Bonchev–Trinajstić information content (AvgIpc) is 2.92. The number of hydrogen-bond donors (Lipinski definition) is 1. The molecule has 0 atom stereocenters. The number of hydrogen-bond acceptors (Lipinski definition) is 5. The van der Waals surface area contributed by atoms with E-state index in [2.05, 4.69) is 10.3 Å². The van der Waals surface area contributed by atoms with Crippen LogP contribution in [0.3, 0.4) is 0 Å². The molecule has 2 aliphatic carbocycles. The van der Waals surface area contributed by atoms with Crippen LogP contribution in [0.4, 0.5) is 9.84 Å². The molecule has 132 valence electrons. The molecule has 5 nitrogen and oxygen atoms in total. The molecule has 2 fully saturated rings. The second-order valence-electron chi connectivity index (χ2n) is 6.51. The largest absolute Gasteiger partial charge is 0.321 e. The van der Waals surface area contributed by atoms with E-state index in [1.165, 1.54) is 32.1 Å². The molecule has 24 heavy (non-hydrogen) atoms. The van der Waals surface area contributed by atoms with Crippen LogP contribution in [0, 0.1) is 17.4 Å². The van der Waals surface area contributed by atoms with E-state index in [0.717, 1.165) is 4.88 Å². The topological polar surface area (TPSA) is 69.0 Å². The zero-order chi connectivity index (χ0) is 16.4. The van der Waals surface area contributed by atoms with E-state index in [-0.39, 0.29) is 22.6 Å². The fourth-order valence-electron chi connectivity index (χ4n) is 3.46. The Balaban J connectivity index is 0.00000208. The molecule has 0 spiro atoms. The molecule has 0 aromatic carbocycles. The maximum Gasteiger partial charge on any atom is 0.231 e. The number of halogens is 2. The lowest BCUT2D eigenvalue weighted by atomic mass is 9.79. The molecule has 8 heteroatoms. The summed E-state index contributed by atoms with van der Waals surface area (Å²) >= 11 is 7.89. The number of anilines is 1. The van der Waals surface area contributed by atoms with Crippen LogP contribution in [0.2, 0.25) is 5.15 Å². The molecule has 0 saturated heterocycles. The normalized spacial score (nSPS) is 23.5. The van der Waals surface area contributed by atoms with Crippen LogP contribution in [0.5, 0.6) is 0 Å². The highest BCUT2D eigenvalue weighted by molar-refractivity contribution is 7.16. The molecular formula is C16H22ClFN4OS. The van der Waals surface area contributed by atoms with E-state index < -0.39 is 0 Å². The van der Waals surface area contributed by atoms with E-state index in [1.54, 1.807) is 23.3 Å². The Morgan fingerprint density at radius 2 is 2.04 bits per heavy atom. The van der Waals surface area contributed by atoms with Gasteiger partial charge in [0, 0.05) is 23.9 Å². The number of thiazole rings is 1. The number of rotatable bonds is 4. The van der Waals surface area contributed by atoms with Gasteiger partial charge in [-0.2, -0.15) is 5.26 Å². The molecule has 2 saturated carbocycles. The Kier molecular flexibility index (Phi) is 6.41. The summed E-state index contributed by atoms with van der Waals surface area (Å²) in [4.78, 5) is 19.7. The van der Waals surface area contributed by atoms with E-state index in [0.29, 0.717) is 29.0 Å². The monoisotopic (exact) mass is 372 g/mol. The summed E-state index contributed by atoms with van der Waals surface area (Å²) in [6, 6.07) is 0.139. The smallest absolute Gasteiger partial charge is 0.231 e. The van der Waals surface area contributed by atoms with Gasteiger partial charge in [0.15, 0.2) is 11.3 Å².